The van der Waals surface area contributed by atoms with Crippen LogP contribution in [0.5, 0.6) is 0 Å². The lowest BCUT2D eigenvalue weighted by atomic mass is 10.0. The van der Waals surface area contributed by atoms with Gasteiger partial charge in [0.15, 0.2) is 0 Å². The van der Waals surface area contributed by atoms with Crippen LogP contribution in [-0.2, 0) is 4.74 Å². The minimum atomic E-state index is 0.362. The molecular formula is C17H29N3O. The number of rotatable bonds is 7. The second-order valence-electron chi connectivity index (χ2n) is 6.25. The monoisotopic (exact) mass is 291 g/mol. The van der Waals surface area contributed by atoms with Crippen LogP contribution in [0.25, 0.3) is 0 Å². The number of ether oxygens (including phenoxy) is 1. The maximum absolute atomic E-state index is 5.54. The van der Waals surface area contributed by atoms with Gasteiger partial charge >= 0.3 is 0 Å². The van der Waals surface area contributed by atoms with Crippen molar-refractivity contribution in [3.63, 3.8) is 0 Å². The highest BCUT2D eigenvalue weighted by Gasteiger charge is 2.19. The van der Waals surface area contributed by atoms with Crippen LogP contribution in [-0.4, -0.2) is 57.4 Å². The van der Waals surface area contributed by atoms with Crippen LogP contribution in [0.3, 0.4) is 0 Å². The first-order chi connectivity index (χ1) is 10.1. The van der Waals surface area contributed by atoms with E-state index in [2.05, 4.69) is 66.9 Å². The Kier molecular flexibility index (Phi) is 6.64. The minimum absolute atomic E-state index is 0.362. The number of benzene rings is 1. The summed E-state index contributed by atoms with van der Waals surface area (Å²) >= 11 is 0. The molecule has 118 valence electrons. The van der Waals surface area contributed by atoms with Crippen molar-refractivity contribution in [1.82, 2.24) is 15.5 Å². The number of morpholine rings is 1. The highest BCUT2D eigenvalue weighted by molar-refractivity contribution is 5.19. The van der Waals surface area contributed by atoms with Crippen LogP contribution in [0.4, 0.5) is 0 Å². The van der Waals surface area contributed by atoms with Gasteiger partial charge in [0.05, 0.1) is 13.2 Å². The highest BCUT2D eigenvalue weighted by atomic mass is 16.5. The normalized spacial score (nSPS) is 22.2. The largest absolute Gasteiger partial charge is 0.379 e. The fourth-order valence-corrected chi connectivity index (χ4v) is 2.91. The number of likely N-dealkylation sites (N-methyl/N-ethyl adjacent to an activating group) is 1. The van der Waals surface area contributed by atoms with Gasteiger partial charge < -0.3 is 20.3 Å². The first-order valence-electron chi connectivity index (χ1n) is 7.92. The molecule has 1 fully saturated rings. The van der Waals surface area contributed by atoms with E-state index in [1.54, 1.807) is 0 Å². The maximum atomic E-state index is 5.54. The second kappa shape index (κ2) is 8.49. The zero-order valence-corrected chi connectivity index (χ0v) is 13.5. The van der Waals surface area contributed by atoms with E-state index >= 15 is 0 Å². The van der Waals surface area contributed by atoms with E-state index in [-0.39, 0.29) is 0 Å². The van der Waals surface area contributed by atoms with Crippen molar-refractivity contribution in [3.05, 3.63) is 35.9 Å². The SMILES string of the molecule is CC(CC1COCCN1)NC(CN(C)C)c1ccccc1. The van der Waals surface area contributed by atoms with E-state index in [1.165, 1.54) is 5.56 Å². The lowest BCUT2D eigenvalue weighted by molar-refractivity contribution is 0.0705. The zero-order chi connectivity index (χ0) is 15.1. The fourth-order valence-electron chi connectivity index (χ4n) is 2.91. The topological polar surface area (TPSA) is 36.5 Å². The molecule has 4 nitrogen and oxygen atoms in total. The van der Waals surface area contributed by atoms with E-state index in [1.807, 2.05) is 0 Å². The Bertz CT molecular complexity index is 390. The van der Waals surface area contributed by atoms with Gasteiger partial charge in [0.1, 0.15) is 0 Å². The Morgan fingerprint density at radius 2 is 2.10 bits per heavy atom. The molecule has 21 heavy (non-hydrogen) atoms. The Labute approximate surface area is 128 Å². The number of nitrogens with one attached hydrogen (secondary N) is 2. The molecule has 1 heterocycles. The number of hydrogen-bond donors (Lipinski definition) is 2. The Hall–Kier alpha value is -0.940. The molecule has 0 amide bonds. The van der Waals surface area contributed by atoms with E-state index in [4.69, 9.17) is 4.74 Å². The van der Waals surface area contributed by atoms with Crippen molar-refractivity contribution >= 4 is 0 Å². The molecule has 1 aromatic carbocycles. The molecule has 1 aliphatic heterocycles. The third-order valence-corrected chi connectivity index (χ3v) is 3.87. The van der Waals surface area contributed by atoms with Gasteiger partial charge in [-0.3, -0.25) is 0 Å². The second-order valence-corrected chi connectivity index (χ2v) is 6.25. The van der Waals surface area contributed by atoms with Crippen molar-refractivity contribution in [1.29, 1.82) is 0 Å². The van der Waals surface area contributed by atoms with Crippen LogP contribution in [0.1, 0.15) is 24.9 Å². The molecule has 3 atom stereocenters. The average Bonchev–Trinajstić information content (AvgIpc) is 2.48. The maximum Gasteiger partial charge on any atom is 0.0620 e. The summed E-state index contributed by atoms with van der Waals surface area (Å²) in [6, 6.07) is 12.0. The summed E-state index contributed by atoms with van der Waals surface area (Å²) in [5.74, 6) is 0. The highest BCUT2D eigenvalue weighted by Crippen LogP contribution is 2.15. The lowest BCUT2D eigenvalue weighted by Gasteiger charge is -2.30. The third-order valence-electron chi connectivity index (χ3n) is 3.87. The standard InChI is InChI=1S/C17H29N3O/c1-14(11-16-13-21-10-9-18-16)19-17(12-20(2)3)15-7-5-4-6-8-15/h4-8,14,16-19H,9-13H2,1-3H3. The van der Waals surface area contributed by atoms with Crippen LogP contribution in [0.2, 0.25) is 0 Å². The minimum Gasteiger partial charge on any atom is -0.379 e. The number of nitrogens with zero attached hydrogens (tertiary/aromatic N) is 1. The summed E-state index contributed by atoms with van der Waals surface area (Å²) in [5, 5.41) is 7.30. The smallest absolute Gasteiger partial charge is 0.0620 e. The molecule has 2 N–H and O–H groups in total. The van der Waals surface area contributed by atoms with E-state index in [0.29, 0.717) is 18.1 Å². The molecule has 0 bridgehead atoms. The number of hydrogen-bond acceptors (Lipinski definition) is 4. The average molecular weight is 291 g/mol. The molecule has 0 aliphatic carbocycles. The summed E-state index contributed by atoms with van der Waals surface area (Å²) < 4.78 is 5.54. The van der Waals surface area contributed by atoms with Crippen molar-refractivity contribution in [2.24, 2.45) is 0 Å². The van der Waals surface area contributed by atoms with E-state index in [9.17, 15) is 0 Å². The summed E-state index contributed by atoms with van der Waals surface area (Å²) in [7, 11) is 4.25. The Morgan fingerprint density at radius 3 is 2.71 bits per heavy atom. The molecule has 1 aromatic rings. The van der Waals surface area contributed by atoms with Gasteiger partial charge in [-0.25, -0.2) is 0 Å². The molecule has 1 saturated heterocycles. The van der Waals surface area contributed by atoms with E-state index in [0.717, 1.165) is 32.7 Å². The molecule has 0 aromatic heterocycles. The molecule has 4 heteroatoms. The molecule has 0 spiro atoms. The predicted molar refractivity (Wildman–Crippen MR) is 87.6 cm³/mol. The Morgan fingerprint density at radius 1 is 1.33 bits per heavy atom. The summed E-state index contributed by atoms with van der Waals surface area (Å²) in [6.07, 6.45) is 1.09. The van der Waals surface area contributed by atoms with Gasteiger partial charge in [-0.2, -0.15) is 0 Å². The van der Waals surface area contributed by atoms with Crippen molar-refractivity contribution < 1.29 is 4.74 Å². The molecule has 2 rings (SSSR count). The fraction of sp³-hybridized carbons (Fsp3) is 0.647. The summed E-state index contributed by atoms with van der Waals surface area (Å²) in [6.45, 7) is 5.91. The van der Waals surface area contributed by atoms with Crippen molar-refractivity contribution in [3.8, 4) is 0 Å². The predicted octanol–water partition coefficient (Wildman–Crippen LogP) is 1.65. The first kappa shape index (κ1) is 16.4. The van der Waals surface area contributed by atoms with Crippen LogP contribution >= 0.6 is 0 Å². The van der Waals surface area contributed by atoms with Crippen molar-refractivity contribution in [2.75, 3.05) is 40.4 Å². The molecule has 0 saturated carbocycles. The molecule has 0 radical (unpaired) electrons. The third kappa shape index (κ3) is 5.75. The van der Waals surface area contributed by atoms with Gasteiger partial charge in [-0.1, -0.05) is 30.3 Å². The molecule has 1 aliphatic rings. The lowest BCUT2D eigenvalue weighted by Crippen LogP contribution is -2.46. The van der Waals surface area contributed by atoms with Crippen LogP contribution < -0.4 is 10.6 Å². The van der Waals surface area contributed by atoms with Crippen LogP contribution in [0, 0.1) is 0 Å². The molecular weight excluding hydrogens is 262 g/mol. The van der Waals surface area contributed by atoms with Gasteiger partial charge in [-0.15, -0.1) is 0 Å². The molecule has 3 unspecified atom stereocenters. The van der Waals surface area contributed by atoms with E-state index < -0.39 is 0 Å². The van der Waals surface area contributed by atoms with Crippen LogP contribution in [0.15, 0.2) is 30.3 Å². The summed E-state index contributed by atoms with van der Waals surface area (Å²) in [5.41, 5.74) is 1.35. The summed E-state index contributed by atoms with van der Waals surface area (Å²) in [4.78, 5) is 2.24. The van der Waals surface area contributed by atoms with Gasteiger partial charge in [0.2, 0.25) is 0 Å². The van der Waals surface area contributed by atoms with Gasteiger partial charge in [0, 0.05) is 31.2 Å². The quantitative estimate of drug-likeness (QED) is 0.801. The van der Waals surface area contributed by atoms with Crippen molar-refractivity contribution in [2.45, 2.75) is 31.5 Å². The van der Waals surface area contributed by atoms with Gasteiger partial charge in [-0.05, 0) is 33.0 Å². The van der Waals surface area contributed by atoms with Gasteiger partial charge in [0.25, 0.3) is 0 Å². The Balaban J connectivity index is 1.91. The zero-order valence-electron chi connectivity index (χ0n) is 13.5. The first-order valence-corrected chi connectivity index (χ1v) is 7.92.